The molecule has 1 saturated heterocycles. The summed E-state index contributed by atoms with van der Waals surface area (Å²) in [5.41, 5.74) is 0.640. The van der Waals surface area contributed by atoms with E-state index in [1.807, 2.05) is 32.0 Å². The number of nitrogens with one attached hydrogen (secondary N) is 3. The van der Waals surface area contributed by atoms with Crippen LogP contribution in [0, 0.1) is 0 Å². The number of hydrogen-bond acceptors (Lipinski definition) is 10. The predicted octanol–water partition coefficient (Wildman–Crippen LogP) is 1.40. The van der Waals surface area contributed by atoms with Gasteiger partial charge in [0.05, 0.1) is 39.6 Å². The van der Waals surface area contributed by atoms with E-state index >= 15 is 0 Å². The average molecular weight is 474 g/mol. The molecular weight excluding hydrogens is 438 g/mol. The summed E-state index contributed by atoms with van der Waals surface area (Å²) in [6.07, 6.45) is 0. The van der Waals surface area contributed by atoms with Crippen LogP contribution in [-0.4, -0.2) is 92.7 Å². The van der Waals surface area contributed by atoms with Crippen molar-refractivity contribution in [1.29, 1.82) is 0 Å². The summed E-state index contributed by atoms with van der Waals surface area (Å²) in [5.74, 6) is 1.59. The van der Waals surface area contributed by atoms with Crippen molar-refractivity contribution >= 4 is 23.8 Å². The van der Waals surface area contributed by atoms with Gasteiger partial charge in [-0.2, -0.15) is 15.0 Å². The van der Waals surface area contributed by atoms with Crippen molar-refractivity contribution in [1.82, 2.24) is 20.3 Å². The molecule has 3 rings (SSSR count). The number of carbonyl (C=O) groups excluding carboxylic acids is 1. The van der Waals surface area contributed by atoms with E-state index in [2.05, 4.69) is 35.8 Å². The minimum atomic E-state index is -0.103. The lowest BCUT2D eigenvalue weighted by Gasteiger charge is -2.27. The summed E-state index contributed by atoms with van der Waals surface area (Å²) in [6, 6.07) is 9.32. The Morgan fingerprint density at radius 3 is 2.35 bits per heavy atom. The number of carbonyl (C=O) groups is 1. The van der Waals surface area contributed by atoms with Gasteiger partial charge in [-0.3, -0.25) is 4.79 Å². The van der Waals surface area contributed by atoms with Gasteiger partial charge >= 0.3 is 0 Å². The molecule has 2 aromatic rings. The second kappa shape index (κ2) is 14.3. The van der Waals surface area contributed by atoms with Crippen LogP contribution in [0.1, 0.15) is 24.2 Å². The highest BCUT2D eigenvalue weighted by Gasteiger charge is 2.16. The zero-order valence-corrected chi connectivity index (χ0v) is 20.0. The fraction of sp³-hybridized carbons (Fsp3) is 0.565. The summed E-state index contributed by atoms with van der Waals surface area (Å²) in [5, 5.41) is 9.27. The highest BCUT2D eigenvalue weighted by atomic mass is 16.5. The van der Waals surface area contributed by atoms with E-state index < -0.39 is 0 Å². The lowest BCUT2D eigenvalue weighted by atomic mass is 10.2. The molecule has 0 aliphatic carbocycles. The van der Waals surface area contributed by atoms with E-state index in [0.717, 1.165) is 13.1 Å². The number of ether oxygens (including phenoxy) is 3. The van der Waals surface area contributed by atoms with Crippen molar-refractivity contribution in [2.45, 2.75) is 19.9 Å². The number of nitrogens with zero attached hydrogens (tertiary/aromatic N) is 4. The molecule has 0 saturated carbocycles. The number of anilines is 3. The fourth-order valence-electron chi connectivity index (χ4n) is 3.16. The molecule has 0 unspecified atom stereocenters. The van der Waals surface area contributed by atoms with E-state index in [1.54, 1.807) is 12.1 Å². The molecule has 1 aromatic heterocycles. The maximum absolute atomic E-state index is 11.9. The Kier molecular flexibility index (Phi) is 10.8. The van der Waals surface area contributed by atoms with Crippen LogP contribution in [0.3, 0.4) is 0 Å². The molecule has 0 spiro atoms. The van der Waals surface area contributed by atoms with Crippen LogP contribution in [0.2, 0.25) is 0 Å². The molecule has 0 radical (unpaired) electrons. The van der Waals surface area contributed by atoms with Crippen LogP contribution in [-0.2, 0) is 14.2 Å². The van der Waals surface area contributed by atoms with Gasteiger partial charge in [0.2, 0.25) is 17.8 Å². The molecule has 1 aliphatic heterocycles. The largest absolute Gasteiger partial charge is 0.378 e. The highest BCUT2D eigenvalue weighted by Crippen LogP contribution is 2.15. The van der Waals surface area contributed by atoms with Crippen LogP contribution < -0.4 is 20.9 Å². The first-order valence-electron chi connectivity index (χ1n) is 11.7. The SMILES string of the molecule is CC(C)Nc1nc(NCCOCCOCCNC(=O)c2ccccc2)nc(N2CCOCC2)n1. The van der Waals surface area contributed by atoms with Gasteiger partial charge in [-0.15, -0.1) is 0 Å². The molecule has 11 nitrogen and oxygen atoms in total. The minimum Gasteiger partial charge on any atom is -0.378 e. The first-order valence-corrected chi connectivity index (χ1v) is 11.7. The standard InChI is InChI=1S/C23H35N7O4/c1-18(2)26-22-27-21(28-23(29-22)30-10-14-34-15-11-30)25-9-13-33-17-16-32-12-8-24-20(31)19-6-4-3-5-7-19/h3-7,18H,8-17H2,1-2H3,(H,24,31)(H2,25,26,27,28,29). The third kappa shape index (κ3) is 9.08. The van der Waals surface area contributed by atoms with Crippen LogP contribution >= 0.6 is 0 Å². The monoisotopic (exact) mass is 473 g/mol. The second-order valence-corrected chi connectivity index (χ2v) is 7.95. The molecule has 1 fully saturated rings. The topological polar surface area (TPSA) is 123 Å². The zero-order chi connectivity index (χ0) is 24.0. The van der Waals surface area contributed by atoms with Gasteiger partial charge < -0.3 is 35.1 Å². The number of rotatable bonds is 14. The van der Waals surface area contributed by atoms with Crippen LogP contribution in [0.15, 0.2) is 30.3 Å². The minimum absolute atomic E-state index is 0.103. The van der Waals surface area contributed by atoms with Gasteiger partial charge in [0.1, 0.15) is 0 Å². The van der Waals surface area contributed by atoms with Crippen LogP contribution in [0.4, 0.5) is 17.8 Å². The molecule has 34 heavy (non-hydrogen) atoms. The maximum Gasteiger partial charge on any atom is 0.251 e. The summed E-state index contributed by atoms with van der Waals surface area (Å²) in [6.45, 7) is 9.76. The Bertz CT molecular complexity index is 864. The Balaban J connectivity index is 1.30. The molecular formula is C23H35N7O4. The highest BCUT2D eigenvalue weighted by molar-refractivity contribution is 5.94. The summed E-state index contributed by atoms with van der Waals surface area (Å²) < 4.78 is 16.5. The normalized spacial score (nSPS) is 13.7. The van der Waals surface area contributed by atoms with Gasteiger partial charge in [-0.05, 0) is 26.0 Å². The first kappa shape index (κ1) is 25.6. The number of benzene rings is 1. The first-order chi connectivity index (χ1) is 16.6. The molecule has 0 bridgehead atoms. The van der Waals surface area contributed by atoms with E-state index in [4.69, 9.17) is 14.2 Å². The molecule has 11 heteroatoms. The lowest BCUT2D eigenvalue weighted by Crippen LogP contribution is -2.37. The number of amides is 1. The third-order valence-corrected chi connectivity index (χ3v) is 4.80. The molecule has 0 atom stereocenters. The Morgan fingerprint density at radius 1 is 0.971 bits per heavy atom. The summed E-state index contributed by atoms with van der Waals surface area (Å²) in [4.78, 5) is 27.6. The van der Waals surface area contributed by atoms with Crippen molar-refractivity contribution in [3.8, 4) is 0 Å². The lowest BCUT2D eigenvalue weighted by molar-refractivity contribution is 0.0519. The van der Waals surface area contributed by atoms with Crippen molar-refractivity contribution < 1.29 is 19.0 Å². The Morgan fingerprint density at radius 2 is 1.65 bits per heavy atom. The van der Waals surface area contributed by atoms with Gasteiger partial charge in [0, 0.05) is 37.8 Å². The summed E-state index contributed by atoms with van der Waals surface area (Å²) in [7, 11) is 0. The number of hydrogen-bond donors (Lipinski definition) is 3. The van der Waals surface area contributed by atoms with Gasteiger partial charge in [-0.1, -0.05) is 18.2 Å². The smallest absolute Gasteiger partial charge is 0.251 e. The van der Waals surface area contributed by atoms with Crippen molar-refractivity contribution in [2.75, 3.05) is 81.4 Å². The zero-order valence-electron chi connectivity index (χ0n) is 20.0. The maximum atomic E-state index is 11.9. The Labute approximate surface area is 200 Å². The van der Waals surface area contributed by atoms with E-state index in [-0.39, 0.29) is 11.9 Å². The van der Waals surface area contributed by atoms with E-state index in [1.165, 1.54) is 0 Å². The molecule has 1 amide bonds. The second-order valence-electron chi connectivity index (χ2n) is 7.95. The van der Waals surface area contributed by atoms with E-state index in [9.17, 15) is 4.79 Å². The average Bonchev–Trinajstić information content (AvgIpc) is 2.85. The van der Waals surface area contributed by atoms with Crippen molar-refractivity contribution in [3.05, 3.63) is 35.9 Å². The van der Waals surface area contributed by atoms with Crippen LogP contribution in [0.25, 0.3) is 0 Å². The molecule has 2 heterocycles. The van der Waals surface area contributed by atoms with Gasteiger partial charge in [-0.25, -0.2) is 0 Å². The molecule has 3 N–H and O–H groups in total. The fourth-order valence-corrected chi connectivity index (χ4v) is 3.16. The number of morpholine rings is 1. The molecule has 186 valence electrons. The van der Waals surface area contributed by atoms with Crippen molar-refractivity contribution in [3.63, 3.8) is 0 Å². The molecule has 1 aliphatic rings. The van der Waals surface area contributed by atoms with Crippen LogP contribution in [0.5, 0.6) is 0 Å². The molecule has 1 aromatic carbocycles. The quantitative estimate of drug-likeness (QED) is 0.347. The van der Waals surface area contributed by atoms with E-state index in [0.29, 0.717) is 76.1 Å². The number of aromatic nitrogens is 3. The Hall–Kier alpha value is -3.02. The van der Waals surface area contributed by atoms with Gasteiger partial charge in [0.25, 0.3) is 5.91 Å². The summed E-state index contributed by atoms with van der Waals surface area (Å²) >= 11 is 0. The van der Waals surface area contributed by atoms with Crippen molar-refractivity contribution in [2.24, 2.45) is 0 Å². The van der Waals surface area contributed by atoms with Gasteiger partial charge in [0.15, 0.2) is 0 Å². The predicted molar refractivity (Wildman–Crippen MR) is 131 cm³/mol. The third-order valence-electron chi connectivity index (χ3n) is 4.80.